The van der Waals surface area contributed by atoms with E-state index in [4.69, 9.17) is 10.3 Å². The van der Waals surface area contributed by atoms with Crippen molar-refractivity contribution < 1.29 is 12.8 Å². The van der Waals surface area contributed by atoms with Crippen LogP contribution in [0.5, 0.6) is 0 Å². The number of nitrogens with two attached hydrogens (primary N) is 1. The average Bonchev–Trinajstić information content (AvgIpc) is 2.82. The van der Waals surface area contributed by atoms with Crippen molar-refractivity contribution in [3.63, 3.8) is 0 Å². The highest BCUT2D eigenvalue weighted by Crippen LogP contribution is 2.12. The minimum absolute atomic E-state index is 0.0239. The summed E-state index contributed by atoms with van der Waals surface area (Å²) >= 11 is 0. The molecule has 0 spiro atoms. The molecule has 0 aliphatic rings. The topological polar surface area (TPSA) is 123 Å². The van der Waals surface area contributed by atoms with E-state index in [1.807, 2.05) is 0 Å². The Kier molecular flexibility index (Phi) is 3.79. The van der Waals surface area contributed by atoms with Gasteiger partial charge in [-0.3, -0.25) is 0 Å². The Bertz CT molecular complexity index is 667. The van der Waals surface area contributed by atoms with Crippen LogP contribution in [0.25, 0.3) is 0 Å². The molecule has 102 valence electrons. The van der Waals surface area contributed by atoms with Crippen molar-refractivity contribution in [2.75, 3.05) is 5.43 Å². The summed E-state index contributed by atoms with van der Waals surface area (Å²) in [6.07, 6.45) is 2.87. The first-order valence-corrected chi connectivity index (χ1v) is 6.83. The number of hydrazine groups is 1. The van der Waals surface area contributed by atoms with Crippen LogP contribution in [0.2, 0.25) is 0 Å². The van der Waals surface area contributed by atoms with E-state index in [9.17, 15) is 8.42 Å². The molecule has 8 nitrogen and oxygen atoms in total. The van der Waals surface area contributed by atoms with Crippen LogP contribution >= 0.6 is 0 Å². The molecule has 4 N–H and O–H groups in total. The first-order valence-electron chi connectivity index (χ1n) is 5.35. The molecule has 2 heterocycles. The SMILES string of the molecule is Cc1cnc(CNS(=O)(=O)c2ccnc(NN)c2)o1. The monoisotopic (exact) mass is 283 g/mol. The highest BCUT2D eigenvalue weighted by Gasteiger charge is 2.15. The van der Waals surface area contributed by atoms with E-state index in [-0.39, 0.29) is 17.3 Å². The van der Waals surface area contributed by atoms with Gasteiger partial charge in [0.1, 0.15) is 11.6 Å². The molecule has 0 aliphatic heterocycles. The van der Waals surface area contributed by atoms with Crippen molar-refractivity contribution in [3.8, 4) is 0 Å². The summed E-state index contributed by atoms with van der Waals surface area (Å²) in [6.45, 7) is 1.71. The second-order valence-corrected chi connectivity index (χ2v) is 5.48. The van der Waals surface area contributed by atoms with Crippen LogP contribution in [0.15, 0.2) is 33.8 Å². The largest absolute Gasteiger partial charge is 0.445 e. The zero-order valence-electron chi connectivity index (χ0n) is 10.1. The quantitative estimate of drug-likeness (QED) is 0.527. The van der Waals surface area contributed by atoms with Crippen molar-refractivity contribution in [1.82, 2.24) is 14.7 Å². The molecule has 0 amide bonds. The van der Waals surface area contributed by atoms with E-state index in [1.165, 1.54) is 24.5 Å². The number of aryl methyl sites for hydroxylation is 1. The van der Waals surface area contributed by atoms with Gasteiger partial charge in [-0.15, -0.1) is 0 Å². The number of hydrogen-bond acceptors (Lipinski definition) is 7. The van der Waals surface area contributed by atoms with E-state index in [0.29, 0.717) is 11.7 Å². The van der Waals surface area contributed by atoms with Crippen molar-refractivity contribution in [3.05, 3.63) is 36.2 Å². The van der Waals surface area contributed by atoms with E-state index >= 15 is 0 Å². The van der Waals surface area contributed by atoms with Crippen LogP contribution in [-0.4, -0.2) is 18.4 Å². The predicted octanol–water partition coefficient (Wildman–Crippen LogP) is 0.142. The lowest BCUT2D eigenvalue weighted by Crippen LogP contribution is -2.23. The molecule has 0 saturated heterocycles. The van der Waals surface area contributed by atoms with Crippen molar-refractivity contribution >= 4 is 15.8 Å². The van der Waals surface area contributed by atoms with Gasteiger partial charge in [0.15, 0.2) is 0 Å². The standard InChI is InChI=1S/C10H13N5O3S/c1-7-5-13-10(18-7)6-14-19(16,17)8-2-3-12-9(4-8)15-11/h2-5,14H,6,11H2,1H3,(H,12,15). The number of aromatic nitrogens is 2. The molecular formula is C10H13N5O3S. The van der Waals surface area contributed by atoms with Gasteiger partial charge in [0.2, 0.25) is 15.9 Å². The predicted molar refractivity (Wildman–Crippen MR) is 67.3 cm³/mol. The first kappa shape index (κ1) is 13.5. The molecule has 2 aromatic heterocycles. The second kappa shape index (κ2) is 5.34. The van der Waals surface area contributed by atoms with Crippen molar-refractivity contribution in [2.45, 2.75) is 18.4 Å². The maximum Gasteiger partial charge on any atom is 0.241 e. The van der Waals surface area contributed by atoms with Gasteiger partial charge in [-0.25, -0.2) is 29.0 Å². The van der Waals surface area contributed by atoms with Crippen LogP contribution < -0.4 is 16.0 Å². The third kappa shape index (κ3) is 3.28. The number of anilines is 1. The summed E-state index contributed by atoms with van der Waals surface area (Å²) < 4.78 is 31.6. The zero-order chi connectivity index (χ0) is 13.9. The average molecular weight is 283 g/mol. The van der Waals surface area contributed by atoms with Crippen LogP contribution in [0.1, 0.15) is 11.7 Å². The molecule has 9 heteroatoms. The summed E-state index contributed by atoms with van der Waals surface area (Å²) in [4.78, 5) is 7.80. The Hall–Kier alpha value is -1.97. The third-order valence-corrected chi connectivity index (χ3v) is 3.67. The minimum atomic E-state index is -3.67. The Balaban J connectivity index is 2.13. The maximum atomic E-state index is 12.0. The molecule has 0 saturated carbocycles. The van der Waals surface area contributed by atoms with E-state index < -0.39 is 10.0 Å². The Labute approximate surface area is 110 Å². The fourth-order valence-corrected chi connectivity index (χ4v) is 2.37. The molecule has 0 atom stereocenters. The maximum absolute atomic E-state index is 12.0. The number of nitrogens with zero attached hydrogens (tertiary/aromatic N) is 2. The molecule has 0 fully saturated rings. The van der Waals surface area contributed by atoms with Crippen LogP contribution in [-0.2, 0) is 16.6 Å². The highest BCUT2D eigenvalue weighted by molar-refractivity contribution is 7.89. The Morgan fingerprint density at radius 3 is 2.84 bits per heavy atom. The minimum Gasteiger partial charge on any atom is -0.445 e. The molecule has 2 rings (SSSR count). The number of nitrogens with one attached hydrogen (secondary N) is 2. The summed E-state index contributed by atoms with van der Waals surface area (Å²) in [5.74, 6) is 6.35. The van der Waals surface area contributed by atoms with Gasteiger partial charge in [0.25, 0.3) is 0 Å². The molecular weight excluding hydrogens is 270 g/mol. The number of sulfonamides is 1. The lowest BCUT2D eigenvalue weighted by atomic mass is 10.5. The lowest BCUT2D eigenvalue weighted by Gasteiger charge is -2.06. The van der Waals surface area contributed by atoms with E-state index in [0.717, 1.165) is 0 Å². The number of rotatable bonds is 5. The molecule has 0 unspecified atom stereocenters. The Morgan fingerprint density at radius 1 is 1.42 bits per heavy atom. The lowest BCUT2D eigenvalue weighted by molar-refractivity contribution is 0.463. The van der Waals surface area contributed by atoms with Crippen LogP contribution in [0.4, 0.5) is 5.82 Å². The van der Waals surface area contributed by atoms with Gasteiger partial charge in [-0.05, 0) is 13.0 Å². The molecule has 0 radical (unpaired) electrons. The molecule has 19 heavy (non-hydrogen) atoms. The van der Waals surface area contributed by atoms with Crippen molar-refractivity contribution in [2.24, 2.45) is 5.84 Å². The van der Waals surface area contributed by atoms with E-state index in [2.05, 4.69) is 20.1 Å². The number of pyridine rings is 1. The van der Waals surface area contributed by atoms with Crippen molar-refractivity contribution in [1.29, 1.82) is 0 Å². The van der Waals surface area contributed by atoms with E-state index in [1.54, 1.807) is 6.92 Å². The molecule has 0 aromatic carbocycles. The molecule has 2 aromatic rings. The summed E-state index contributed by atoms with van der Waals surface area (Å²) in [5, 5.41) is 0. The number of oxazole rings is 1. The van der Waals surface area contributed by atoms with Gasteiger partial charge in [0.05, 0.1) is 17.6 Å². The molecule has 0 bridgehead atoms. The van der Waals surface area contributed by atoms with Gasteiger partial charge < -0.3 is 9.84 Å². The fraction of sp³-hybridized carbons (Fsp3) is 0.200. The van der Waals surface area contributed by atoms with Crippen LogP contribution in [0, 0.1) is 6.92 Å². The summed E-state index contributed by atoms with van der Waals surface area (Å²) in [7, 11) is -3.67. The van der Waals surface area contributed by atoms with Gasteiger partial charge in [-0.1, -0.05) is 0 Å². The summed E-state index contributed by atoms with van der Waals surface area (Å²) in [5.41, 5.74) is 2.28. The fourth-order valence-electron chi connectivity index (χ4n) is 1.38. The molecule has 0 aliphatic carbocycles. The van der Waals surface area contributed by atoms with Gasteiger partial charge in [-0.2, -0.15) is 0 Å². The van der Waals surface area contributed by atoms with Crippen LogP contribution in [0.3, 0.4) is 0 Å². The highest BCUT2D eigenvalue weighted by atomic mass is 32.2. The Morgan fingerprint density at radius 2 is 2.21 bits per heavy atom. The summed E-state index contributed by atoms with van der Waals surface area (Å²) in [6, 6.07) is 2.69. The van der Waals surface area contributed by atoms with Gasteiger partial charge in [0, 0.05) is 12.3 Å². The second-order valence-electron chi connectivity index (χ2n) is 3.71. The number of nitrogen functional groups attached to an aromatic ring is 1. The van der Waals surface area contributed by atoms with Gasteiger partial charge >= 0.3 is 0 Å². The smallest absolute Gasteiger partial charge is 0.241 e. The number of hydrogen-bond donors (Lipinski definition) is 3. The first-order chi connectivity index (χ1) is 9.01. The third-order valence-electron chi connectivity index (χ3n) is 2.27. The zero-order valence-corrected chi connectivity index (χ0v) is 10.9. The normalized spacial score (nSPS) is 11.5.